The largest absolute Gasteiger partial charge is 0.496 e. The number of aryl methyl sites for hydroxylation is 1. The summed E-state index contributed by atoms with van der Waals surface area (Å²) < 4.78 is 48.3. The van der Waals surface area contributed by atoms with E-state index in [2.05, 4.69) is 52.2 Å². The van der Waals surface area contributed by atoms with Crippen molar-refractivity contribution in [2.45, 2.75) is 65.3 Å². The maximum atomic E-state index is 14.9. The van der Waals surface area contributed by atoms with Crippen molar-refractivity contribution in [3.8, 4) is 44.8 Å². The van der Waals surface area contributed by atoms with Crippen molar-refractivity contribution in [3.05, 3.63) is 125 Å². The lowest BCUT2D eigenvalue weighted by molar-refractivity contribution is -0.144. The Morgan fingerprint density at radius 3 is 2.15 bits per heavy atom. The van der Waals surface area contributed by atoms with E-state index in [9.17, 15) is 38.7 Å². The first kappa shape index (κ1) is 68.5. The van der Waals surface area contributed by atoms with Crippen LogP contribution in [0, 0.1) is 29.5 Å². The highest BCUT2D eigenvalue weighted by molar-refractivity contribution is 7.13. The molecule has 0 spiro atoms. The highest BCUT2D eigenvalue weighted by Crippen LogP contribution is 2.35. The van der Waals surface area contributed by atoms with E-state index in [-0.39, 0.29) is 92.8 Å². The van der Waals surface area contributed by atoms with Crippen molar-refractivity contribution in [2.24, 2.45) is 5.41 Å². The van der Waals surface area contributed by atoms with Gasteiger partial charge in [-0.2, -0.15) is 5.26 Å². The van der Waals surface area contributed by atoms with Crippen LogP contribution in [0.2, 0.25) is 0 Å². The van der Waals surface area contributed by atoms with Crippen LogP contribution in [0.4, 0.5) is 15.8 Å². The van der Waals surface area contributed by atoms with Gasteiger partial charge in [0.1, 0.15) is 29.3 Å². The van der Waals surface area contributed by atoms with Gasteiger partial charge in [-0.15, -0.1) is 11.3 Å². The number of aliphatic hydroxyl groups excluding tert-OH is 1. The van der Waals surface area contributed by atoms with Gasteiger partial charge >= 0.3 is 0 Å². The Kier molecular flexibility index (Phi) is 25.7. The number of benzene rings is 3. The first-order valence-electron chi connectivity index (χ1n) is 30.1. The van der Waals surface area contributed by atoms with Crippen molar-refractivity contribution in [1.29, 1.82) is 5.26 Å². The van der Waals surface area contributed by atoms with Crippen LogP contribution < -0.4 is 30.9 Å². The van der Waals surface area contributed by atoms with Gasteiger partial charge in [0.25, 0.3) is 5.91 Å². The number of piperazine rings is 1. The zero-order valence-corrected chi connectivity index (χ0v) is 52.7. The first-order chi connectivity index (χ1) is 44.0. The Morgan fingerprint density at radius 1 is 0.813 bits per heavy atom. The number of hydrogen-bond donors (Lipinski definition) is 5. The third kappa shape index (κ3) is 19.8. The van der Waals surface area contributed by atoms with Crippen LogP contribution in [0.3, 0.4) is 0 Å². The zero-order valence-electron chi connectivity index (χ0n) is 51.9. The lowest BCUT2D eigenvalue weighted by Crippen LogP contribution is -2.57. The Morgan fingerprint density at radius 2 is 1.49 bits per heavy atom. The van der Waals surface area contributed by atoms with Gasteiger partial charge in [0.15, 0.2) is 5.82 Å². The Hall–Kier alpha value is -8.39. The van der Waals surface area contributed by atoms with E-state index < -0.39 is 41.2 Å². The summed E-state index contributed by atoms with van der Waals surface area (Å²) in [7, 11) is 1.41. The Balaban J connectivity index is 0.648. The molecule has 3 atom stereocenters. The number of anilines is 2. The SMILES string of the molecule is COc1cccc(F)c1-c1nccc(C(=O)Nc2ccc(-c3cnccc3C#N)cc2N2CCN(CC(=O)NCCOCCOCCOCCOCCOCCC(=O)N[C@H](C(=O)N3C[C@H](O)C[C@H]3C(=O)NCc3ccc(-c4scnc4C)cc3)C(C)(C)C)CC2)n1. The molecule has 24 nitrogen and oxygen atoms in total. The first-order valence-corrected chi connectivity index (χ1v) is 31.0. The molecule has 2 saturated heterocycles. The minimum Gasteiger partial charge on any atom is -0.496 e. The fraction of sp³-hybridized carbons (Fsp3) is 0.446. The Labute approximate surface area is 532 Å². The number of carbonyl (C=O) groups is 5. The van der Waals surface area contributed by atoms with Crippen LogP contribution in [-0.2, 0) is 49.4 Å². The summed E-state index contributed by atoms with van der Waals surface area (Å²) >= 11 is 1.56. The minimum absolute atomic E-state index is 0.00359. The lowest BCUT2D eigenvalue weighted by atomic mass is 9.85. The number of aliphatic hydroxyl groups is 1. The molecule has 8 rings (SSSR count). The molecular formula is C65H79FN12O12S. The molecule has 2 fully saturated rings. The second kappa shape index (κ2) is 34.2. The fourth-order valence-corrected chi connectivity index (χ4v) is 11.1. The molecule has 0 saturated carbocycles. The number of nitriles is 1. The standard InChI is InChI=1S/C65H79FN12O12S/c1-43-59(91-42-72-43)45-11-9-44(10-12-45)38-71-63(83)54-36-48(79)40-78(54)64(84)60(65(2,3)4)75-56(80)17-25-86-27-29-88-31-33-90-34-32-89-30-28-87-26-20-69-57(81)41-76-21-23-77(24-22-76)53-35-46(49-39-68-18-15-47(49)37-67)13-14-51(53)74-62(82)52-16-19-70-61(73-52)58-50(66)7-6-8-55(58)85-5/h6-16,18-19,35,39,42,48,54,60,79H,17,20-34,36,38,40-41H2,1-5H3,(H,69,81)(H,71,83)(H,74,82)(H,75,80)/t48-,54+,60-/m1/s1. The molecule has 26 heteroatoms. The van der Waals surface area contributed by atoms with Crippen molar-refractivity contribution < 1.29 is 61.9 Å². The van der Waals surface area contributed by atoms with Gasteiger partial charge in [0.2, 0.25) is 23.6 Å². The number of amides is 5. The van der Waals surface area contributed by atoms with E-state index in [1.54, 1.807) is 53.5 Å². The number of methoxy groups -OCH3 is 1. The smallest absolute Gasteiger partial charge is 0.274 e. The van der Waals surface area contributed by atoms with Crippen molar-refractivity contribution in [3.63, 3.8) is 0 Å². The van der Waals surface area contributed by atoms with Gasteiger partial charge in [-0.05, 0) is 65.4 Å². The summed E-state index contributed by atoms with van der Waals surface area (Å²) in [5.41, 5.74) is 6.99. The number of β-amino-alcohol motifs (C(OH)–C–C–N with tert-alkyl or cyclic N) is 1. The summed E-state index contributed by atoms with van der Waals surface area (Å²) in [6.45, 7) is 13.3. The van der Waals surface area contributed by atoms with Crippen molar-refractivity contribution in [1.82, 2.24) is 45.7 Å². The van der Waals surface area contributed by atoms with E-state index in [1.807, 2.05) is 62.9 Å². The monoisotopic (exact) mass is 1270 g/mol. The van der Waals surface area contributed by atoms with Crippen LogP contribution in [0.5, 0.6) is 5.75 Å². The number of likely N-dealkylation sites (tertiary alicyclic amines) is 1. The number of thiazole rings is 1. The van der Waals surface area contributed by atoms with Crippen molar-refractivity contribution in [2.75, 3.05) is 129 Å². The molecular weight excluding hydrogens is 1190 g/mol. The van der Waals surface area contributed by atoms with Gasteiger partial charge in [-0.1, -0.05) is 57.2 Å². The molecule has 0 unspecified atom stereocenters. The minimum atomic E-state index is -0.951. The van der Waals surface area contributed by atoms with Crippen LogP contribution in [-0.4, -0.2) is 202 Å². The number of nitrogens with zero attached hydrogens (tertiary/aromatic N) is 8. The number of aromatic nitrogens is 4. The molecule has 0 bridgehead atoms. The van der Waals surface area contributed by atoms with E-state index in [0.29, 0.717) is 101 Å². The summed E-state index contributed by atoms with van der Waals surface area (Å²) in [6.07, 6.45) is 3.77. The fourth-order valence-electron chi connectivity index (χ4n) is 10.3. The third-order valence-corrected chi connectivity index (χ3v) is 16.1. The molecule has 484 valence electrons. The van der Waals surface area contributed by atoms with Crippen LogP contribution in [0.25, 0.3) is 33.0 Å². The topological polar surface area (TPSA) is 294 Å². The van der Waals surface area contributed by atoms with Gasteiger partial charge in [-0.25, -0.2) is 19.3 Å². The summed E-state index contributed by atoms with van der Waals surface area (Å²) in [6, 6.07) is 21.1. The van der Waals surface area contributed by atoms with E-state index >= 15 is 0 Å². The predicted octanol–water partition coefficient (Wildman–Crippen LogP) is 5.43. The van der Waals surface area contributed by atoms with Crippen LogP contribution in [0.15, 0.2) is 96.9 Å². The van der Waals surface area contributed by atoms with E-state index in [1.165, 1.54) is 36.4 Å². The zero-order chi connectivity index (χ0) is 64.7. The summed E-state index contributed by atoms with van der Waals surface area (Å²) in [5, 5.41) is 32.1. The highest BCUT2D eigenvalue weighted by atomic mass is 32.1. The molecule has 0 aliphatic carbocycles. The molecule has 2 aliphatic heterocycles. The number of ether oxygens (including phenoxy) is 6. The lowest BCUT2D eigenvalue weighted by Gasteiger charge is -2.36. The van der Waals surface area contributed by atoms with Crippen LogP contribution in [0.1, 0.15) is 60.9 Å². The van der Waals surface area contributed by atoms with Crippen molar-refractivity contribution >= 4 is 52.2 Å². The average molecular weight is 1270 g/mol. The summed E-state index contributed by atoms with van der Waals surface area (Å²) in [5.74, 6) is -2.28. The maximum Gasteiger partial charge on any atom is 0.274 e. The van der Waals surface area contributed by atoms with Gasteiger partial charge in [0.05, 0.1) is 130 Å². The molecule has 5 N–H and O–H groups in total. The molecule has 5 amide bonds. The van der Waals surface area contributed by atoms with E-state index in [0.717, 1.165) is 27.3 Å². The second-order valence-corrected chi connectivity index (χ2v) is 23.5. The number of hydrogen-bond acceptors (Lipinski definition) is 20. The third-order valence-electron chi connectivity index (χ3n) is 15.1. The quantitative estimate of drug-likeness (QED) is 0.0329. The number of pyridine rings is 1. The van der Waals surface area contributed by atoms with Gasteiger partial charge in [0, 0.05) is 82.8 Å². The molecule has 0 radical (unpaired) electrons. The maximum absolute atomic E-state index is 14.9. The second-order valence-electron chi connectivity index (χ2n) is 22.7. The van der Waals surface area contributed by atoms with Gasteiger partial charge in [-0.3, -0.25) is 33.9 Å². The van der Waals surface area contributed by atoms with Crippen LogP contribution >= 0.6 is 11.3 Å². The number of carbonyl (C=O) groups excluding carboxylic acids is 5. The molecule has 6 aromatic rings. The molecule has 91 heavy (non-hydrogen) atoms. The number of nitrogens with one attached hydrogen (secondary N) is 4. The molecule has 3 aromatic heterocycles. The molecule has 2 aliphatic rings. The number of halogens is 1. The average Bonchev–Trinajstić information content (AvgIpc) is 1.62. The Bertz CT molecular complexity index is 3450. The van der Waals surface area contributed by atoms with Gasteiger partial charge < -0.3 is 64.6 Å². The van der Waals surface area contributed by atoms with E-state index in [4.69, 9.17) is 28.4 Å². The number of rotatable bonds is 32. The normalized spacial score (nSPS) is 15.4. The molecule has 3 aromatic carbocycles. The predicted molar refractivity (Wildman–Crippen MR) is 338 cm³/mol. The molecule has 5 heterocycles. The summed E-state index contributed by atoms with van der Waals surface area (Å²) in [4.78, 5) is 91.0. The highest BCUT2D eigenvalue weighted by Gasteiger charge is 2.44.